The number of esters is 1. The second kappa shape index (κ2) is 10.1. The number of carbonyl (C=O) groups is 2. The maximum Gasteiger partial charge on any atom is 0.345 e. The zero-order chi connectivity index (χ0) is 25.1. The van der Waals surface area contributed by atoms with E-state index >= 15 is 0 Å². The third kappa shape index (κ3) is 4.35. The molecule has 1 aromatic carbocycles. The van der Waals surface area contributed by atoms with Crippen molar-refractivity contribution in [3.63, 3.8) is 0 Å². The number of hydrogen-bond donors (Lipinski definition) is 0. The lowest BCUT2D eigenvalue weighted by Gasteiger charge is -2.37. The third-order valence-corrected chi connectivity index (χ3v) is 6.32. The van der Waals surface area contributed by atoms with Gasteiger partial charge in [-0.1, -0.05) is 30.3 Å². The molecule has 0 N–H and O–H groups in total. The van der Waals surface area contributed by atoms with Crippen molar-refractivity contribution in [2.75, 3.05) is 37.7 Å². The number of pyridine rings is 2. The summed E-state index contributed by atoms with van der Waals surface area (Å²) < 4.78 is 12.2. The molecule has 0 radical (unpaired) electrons. The molecular formula is C27H26N4O5. The van der Waals surface area contributed by atoms with Crippen LogP contribution in [-0.2, 0) is 11.3 Å². The summed E-state index contributed by atoms with van der Waals surface area (Å²) in [6.07, 6.45) is 4.78. The second-order valence-electron chi connectivity index (χ2n) is 8.47. The Hall–Kier alpha value is -4.40. The Morgan fingerprint density at radius 1 is 1.03 bits per heavy atom. The summed E-state index contributed by atoms with van der Waals surface area (Å²) in [5, 5.41) is 0.682. The highest BCUT2D eigenvalue weighted by Gasteiger charge is 2.31. The van der Waals surface area contributed by atoms with Crippen LogP contribution in [0.4, 0.5) is 5.69 Å². The fourth-order valence-corrected chi connectivity index (χ4v) is 4.61. The van der Waals surface area contributed by atoms with Gasteiger partial charge in [0.15, 0.2) is 5.76 Å². The first-order chi connectivity index (χ1) is 17.6. The summed E-state index contributed by atoms with van der Waals surface area (Å²) >= 11 is 0. The summed E-state index contributed by atoms with van der Waals surface area (Å²) in [6, 6.07) is 14.7. The monoisotopic (exact) mass is 486 g/mol. The standard InChI is InChI=1S/C27H26N4O5/c1-2-35-27(34)23-24(29-12-14-30(15-13-29)25(32)22-9-6-16-36-22)20-17-28-11-10-21(20)31(26(23)33)18-19-7-4-3-5-8-19/h3-11,16-17H,2,12-15,18H2,1H3. The van der Waals surface area contributed by atoms with Crippen molar-refractivity contribution in [2.24, 2.45) is 0 Å². The summed E-state index contributed by atoms with van der Waals surface area (Å²) in [7, 11) is 0. The molecule has 3 aromatic heterocycles. The molecule has 1 amide bonds. The molecule has 0 spiro atoms. The molecule has 5 rings (SSSR count). The Labute approximate surface area is 207 Å². The van der Waals surface area contributed by atoms with Gasteiger partial charge in [0, 0.05) is 44.0 Å². The van der Waals surface area contributed by atoms with Crippen molar-refractivity contribution in [3.05, 3.63) is 94.4 Å². The van der Waals surface area contributed by atoms with Crippen molar-refractivity contribution in [2.45, 2.75) is 13.5 Å². The van der Waals surface area contributed by atoms with Crippen molar-refractivity contribution in [1.82, 2.24) is 14.5 Å². The molecule has 0 bridgehead atoms. The maximum atomic E-state index is 13.8. The molecule has 36 heavy (non-hydrogen) atoms. The molecule has 0 atom stereocenters. The van der Waals surface area contributed by atoms with Crippen LogP contribution >= 0.6 is 0 Å². The Morgan fingerprint density at radius 2 is 1.81 bits per heavy atom. The van der Waals surface area contributed by atoms with Crippen LogP contribution in [0.3, 0.4) is 0 Å². The fraction of sp³-hybridized carbons (Fsp3) is 0.259. The zero-order valence-electron chi connectivity index (χ0n) is 19.9. The molecule has 1 aliphatic rings. The number of hydrogen-bond acceptors (Lipinski definition) is 7. The Bertz CT molecular complexity index is 1440. The molecule has 1 fully saturated rings. The summed E-state index contributed by atoms with van der Waals surface area (Å²) in [6.45, 7) is 3.86. The number of furan rings is 1. The minimum Gasteiger partial charge on any atom is -0.462 e. The average Bonchev–Trinajstić information content (AvgIpc) is 3.45. The number of rotatable bonds is 6. The minimum atomic E-state index is -0.667. The van der Waals surface area contributed by atoms with Gasteiger partial charge < -0.3 is 23.5 Å². The van der Waals surface area contributed by atoms with Crippen molar-refractivity contribution in [3.8, 4) is 0 Å². The minimum absolute atomic E-state index is 0.0147. The van der Waals surface area contributed by atoms with Crippen molar-refractivity contribution in [1.29, 1.82) is 0 Å². The van der Waals surface area contributed by atoms with Crippen LogP contribution in [0.15, 0.2) is 76.4 Å². The molecule has 1 saturated heterocycles. The second-order valence-corrected chi connectivity index (χ2v) is 8.47. The van der Waals surface area contributed by atoms with E-state index in [2.05, 4.69) is 4.98 Å². The molecule has 4 heterocycles. The first-order valence-corrected chi connectivity index (χ1v) is 11.9. The molecular weight excluding hydrogens is 460 g/mol. The Morgan fingerprint density at radius 3 is 2.50 bits per heavy atom. The number of piperazine rings is 1. The van der Waals surface area contributed by atoms with E-state index in [0.717, 1.165) is 5.56 Å². The molecule has 4 aromatic rings. The molecule has 9 nitrogen and oxygen atoms in total. The maximum absolute atomic E-state index is 13.8. The Kier molecular flexibility index (Phi) is 6.53. The van der Waals surface area contributed by atoms with E-state index in [1.165, 1.54) is 6.26 Å². The van der Waals surface area contributed by atoms with E-state index in [9.17, 15) is 14.4 Å². The molecule has 0 aliphatic carbocycles. The Balaban J connectivity index is 1.57. The van der Waals surface area contributed by atoms with Gasteiger partial charge in [-0.3, -0.25) is 14.6 Å². The predicted octanol–water partition coefficient (Wildman–Crippen LogP) is 3.18. The summed E-state index contributed by atoms with van der Waals surface area (Å²) in [4.78, 5) is 47.7. The van der Waals surface area contributed by atoms with Crippen LogP contribution in [0.2, 0.25) is 0 Å². The topological polar surface area (TPSA) is 97.9 Å². The van der Waals surface area contributed by atoms with Crippen LogP contribution in [0.1, 0.15) is 33.4 Å². The smallest absolute Gasteiger partial charge is 0.345 e. The highest BCUT2D eigenvalue weighted by atomic mass is 16.5. The lowest BCUT2D eigenvalue weighted by atomic mass is 10.1. The van der Waals surface area contributed by atoms with Crippen LogP contribution in [0.5, 0.6) is 0 Å². The number of aromatic nitrogens is 2. The van der Waals surface area contributed by atoms with Crippen molar-refractivity contribution < 1.29 is 18.7 Å². The molecule has 0 unspecified atom stereocenters. The quantitative estimate of drug-likeness (QED) is 0.386. The van der Waals surface area contributed by atoms with Gasteiger partial charge in [0.2, 0.25) is 0 Å². The molecule has 1 aliphatic heterocycles. The van der Waals surface area contributed by atoms with E-state index < -0.39 is 11.5 Å². The van der Waals surface area contributed by atoms with E-state index in [0.29, 0.717) is 49.3 Å². The highest BCUT2D eigenvalue weighted by molar-refractivity contribution is 6.05. The van der Waals surface area contributed by atoms with Gasteiger partial charge in [0.05, 0.1) is 30.6 Å². The van der Waals surface area contributed by atoms with Gasteiger partial charge in [0.1, 0.15) is 5.56 Å². The first kappa shape index (κ1) is 23.3. The number of ether oxygens (including phenoxy) is 1. The van der Waals surface area contributed by atoms with Crippen LogP contribution in [-0.4, -0.2) is 59.1 Å². The SMILES string of the molecule is CCOC(=O)c1c(N2CCN(C(=O)c3ccco3)CC2)c2cnccc2n(Cc2ccccc2)c1=O. The lowest BCUT2D eigenvalue weighted by Crippen LogP contribution is -2.49. The largest absolute Gasteiger partial charge is 0.462 e. The number of fused-ring (bicyclic) bond motifs is 1. The van der Waals surface area contributed by atoms with E-state index in [4.69, 9.17) is 9.15 Å². The summed E-state index contributed by atoms with van der Waals surface area (Å²) in [5.41, 5.74) is 1.68. The summed E-state index contributed by atoms with van der Waals surface area (Å²) in [5.74, 6) is -0.567. The van der Waals surface area contributed by atoms with Gasteiger partial charge >= 0.3 is 5.97 Å². The number of amides is 1. The van der Waals surface area contributed by atoms with Gasteiger partial charge in [-0.2, -0.15) is 0 Å². The van der Waals surface area contributed by atoms with E-state index in [1.807, 2.05) is 35.2 Å². The molecule has 9 heteroatoms. The third-order valence-electron chi connectivity index (χ3n) is 6.32. The first-order valence-electron chi connectivity index (χ1n) is 11.9. The van der Waals surface area contributed by atoms with E-state index in [-0.39, 0.29) is 23.8 Å². The van der Waals surface area contributed by atoms with Crippen LogP contribution < -0.4 is 10.5 Å². The van der Waals surface area contributed by atoms with E-state index in [1.54, 1.807) is 47.0 Å². The predicted molar refractivity (Wildman–Crippen MR) is 134 cm³/mol. The van der Waals surface area contributed by atoms with Gasteiger partial charge in [-0.15, -0.1) is 0 Å². The average molecular weight is 487 g/mol. The van der Waals surface area contributed by atoms with Gasteiger partial charge in [-0.05, 0) is 30.7 Å². The molecule has 0 saturated carbocycles. The normalized spacial score (nSPS) is 13.7. The number of carbonyl (C=O) groups excluding carboxylic acids is 2. The number of anilines is 1. The number of nitrogens with zero attached hydrogens (tertiary/aromatic N) is 4. The zero-order valence-corrected chi connectivity index (χ0v) is 19.9. The fourth-order valence-electron chi connectivity index (χ4n) is 4.61. The van der Waals surface area contributed by atoms with Crippen molar-refractivity contribution >= 4 is 28.5 Å². The highest BCUT2D eigenvalue weighted by Crippen LogP contribution is 2.30. The van der Waals surface area contributed by atoms with Gasteiger partial charge in [0.25, 0.3) is 11.5 Å². The molecule has 184 valence electrons. The van der Waals surface area contributed by atoms with Crippen LogP contribution in [0.25, 0.3) is 10.9 Å². The van der Waals surface area contributed by atoms with Crippen LogP contribution in [0, 0.1) is 0 Å². The number of benzene rings is 1. The van der Waals surface area contributed by atoms with Gasteiger partial charge in [-0.25, -0.2) is 4.79 Å². The lowest BCUT2D eigenvalue weighted by molar-refractivity contribution is 0.0523.